The smallest absolute Gasteiger partial charge is 0.0471 e. The second-order valence-electron chi connectivity index (χ2n) is 7.51. The van der Waals surface area contributed by atoms with Gasteiger partial charge in [-0.1, -0.05) is 13.8 Å². The Bertz CT molecular complexity index is 280. The molecule has 3 atom stereocenters. The normalized spacial score (nSPS) is 36.3. The molecule has 0 radical (unpaired) electrons. The zero-order chi connectivity index (χ0) is 13.9. The van der Waals surface area contributed by atoms with Crippen LogP contribution in [0.4, 0.5) is 0 Å². The Morgan fingerprint density at radius 1 is 1.32 bits per heavy atom. The maximum Gasteiger partial charge on any atom is 0.0471 e. The van der Waals surface area contributed by atoms with Crippen molar-refractivity contribution in [1.82, 2.24) is 10.2 Å². The minimum atomic E-state index is 0.363. The Labute approximate surface area is 118 Å². The molecule has 0 amide bonds. The first kappa shape index (κ1) is 15.3. The molecule has 2 aliphatic rings. The fraction of sp³-hybridized carbons (Fsp3) is 1.00. The molecule has 3 nitrogen and oxygen atoms in total. The van der Waals surface area contributed by atoms with Gasteiger partial charge in [-0.05, 0) is 62.9 Å². The second kappa shape index (κ2) is 6.55. The average Bonchev–Trinajstić information content (AvgIpc) is 2.38. The maximum atomic E-state index is 9.36. The number of aliphatic hydroxyl groups is 1. The summed E-state index contributed by atoms with van der Waals surface area (Å²) in [5.41, 5.74) is 0.504. The fourth-order valence-electron chi connectivity index (χ4n) is 4.11. The van der Waals surface area contributed by atoms with Gasteiger partial charge in [0.15, 0.2) is 0 Å². The summed E-state index contributed by atoms with van der Waals surface area (Å²) in [5, 5.41) is 12.9. The van der Waals surface area contributed by atoms with E-state index in [-0.39, 0.29) is 0 Å². The summed E-state index contributed by atoms with van der Waals surface area (Å²) in [4.78, 5) is 2.60. The van der Waals surface area contributed by atoms with Crippen LogP contribution in [0.15, 0.2) is 0 Å². The molecule has 1 aliphatic carbocycles. The van der Waals surface area contributed by atoms with Crippen molar-refractivity contribution in [3.8, 4) is 0 Å². The van der Waals surface area contributed by atoms with E-state index in [1.165, 1.54) is 45.2 Å². The highest BCUT2D eigenvalue weighted by molar-refractivity contribution is 4.90. The molecule has 112 valence electrons. The zero-order valence-corrected chi connectivity index (χ0v) is 13.0. The second-order valence-corrected chi connectivity index (χ2v) is 7.51. The number of nitrogens with zero attached hydrogens (tertiary/aromatic N) is 1. The van der Waals surface area contributed by atoms with E-state index in [4.69, 9.17) is 0 Å². The lowest BCUT2D eigenvalue weighted by Crippen LogP contribution is -2.48. The van der Waals surface area contributed by atoms with E-state index in [0.29, 0.717) is 24.0 Å². The summed E-state index contributed by atoms with van der Waals surface area (Å²) in [5.74, 6) is 1.28. The van der Waals surface area contributed by atoms with Crippen LogP contribution in [0.25, 0.3) is 0 Å². The topological polar surface area (TPSA) is 35.5 Å². The SMILES string of the molecule is CNC1CCC(C)(C)CC1CN1CCCC(CO)C1. The molecule has 0 aromatic carbocycles. The molecule has 19 heavy (non-hydrogen) atoms. The van der Waals surface area contributed by atoms with Crippen molar-refractivity contribution in [2.75, 3.05) is 33.3 Å². The molecule has 1 saturated heterocycles. The maximum absolute atomic E-state index is 9.36. The number of rotatable bonds is 4. The number of hydrogen-bond donors (Lipinski definition) is 2. The third-order valence-electron chi connectivity index (χ3n) is 5.24. The van der Waals surface area contributed by atoms with Gasteiger partial charge in [0.25, 0.3) is 0 Å². The predicted octanol–water partition coefficient (Wildman–Crippen LogP) is 2.11. The first-order valence-electron chi connectivity index (χ1n) is 8.04. The number of piperidine rings is 1. The molecule has 2 N–H and O–H groups in total. The van der Waals surface area contributed by atoms with Crippen molar-refractivity contribution in [3.63, 3.8) is 0 Å². The first-order chi connectivity index (χ1) is 9.04. The molecule has 0 spiro atoms. The zero-order valence-electron chi connectivity index (χ0n) is 13.0. The van der Waals surface area contributed by atoms with Crippen LogP contribution in [-0.4, -0.2) is 49.3 Å². The average molecular weight is 268 g/mol. The molecule has 1 heterocycles. The van der Waals surface area contributed by atoms with Gasteiger partial charge in [0.2, 0.25) is 0 Å². The Hall–Kier alpha value is -0.120. The molecule has 1 aliphatic heterocycles. The highest BCUT2D eigenvalue weighted by atomic mass is 16.3. The summed E-state index contributed by atoms with van der Waals surface area (Å²) < 4.78 is 0. The minimum absolute atomic E-state index is 0.363. The summed E-state index contributed by atoms with van der Waals surface area (Å²) in [6.07, 6.45) is 6.45. The highest BCUT2D eigenvalue weighted by Gasteiger charge is 2.35. The standard InChI is InChI=1S/C16H32N2O/c1-16(2)7-6-15(17-3)14(9-16)11-18-8-4-5-13(10-18)12-19/h13-15,17,19H,4-12H2,1-3H3. The summed E-state index contributed by atoms with van der Waals surface area (Å²) in [6.45, 7) is 8.73. The third kappa shape index (κ3) is 4.17. The summed E-state index contributed by atoms with van der Waals surface area (Å²) >= 11 is 0. The van der Waals surface area contributed by atoms with E-state index in [1.54, 1.807) is 0 Å². The van der Waals surface area contributed by atoms with Crippen LogP contribution in [0.2, 0.25) is 0 Å². The largest absolute Gasteiger partial charge is 0.396 e. The van der Waals surface area contributed by atoms with Crippen LogP contribution in [0.3, 0.4) is 0 Å². The van der Waals surface area contributed by atoms with Gasteiger partial charge in [-0.2, -0.15) is 0 Å². The third-order valence-corrected chi connectivity index (χ3v) is 5.24. The van der Waals surface area contributed by atoms with Crippen molar-refractivity contribution >= 4 is 0 Å². The van der Waals surface area contributed by atoms with Crippen molar-refractivity contribution in [3.05, 3.63) is 0 Å². The molecule has 0 bridgehead atoms. The number of hydrogen-bond acceptors (Lipinski definition) is 3. The Kier molecular flexibility index (Phi) is 5.27. The molecule has 2 fully saturated rings. The van der Waals surface area contributed by atoms with Crippen molar-refractivity contribution < 1.29 is 5.11 Å². The van der Waals surface area contributed by atoms with Crippen LogP contribution in [-0.2, 0) is 0 Å². The Morgan fingerprint density at radius 2 is 2.11 bits per heavy atom. The van der Waals surface area contributed by atoms with Crippen molar-refractivity contribution in [1.29, 1.82) is 0 Å². The van der Waals surface area contributed by atoms with Crippen LogP contribution in [0.5, 0.6) is 0 Å². The van der Waals surface area contributed by atoms with Crippen LogP contribution >= 0.6 is 0 Å². The first-order valence-corrected chi connectivity index (χ1v) is 8.04. The molecule has 3 heteroatoms. The minimum Gasteiger partial charge on any atom is -0.396 e. The quantitative estimate of drug-likeness (QED) is 0.820. The fourth-order valence-corrected chi connectivity index (χ4v) is 4.11. The van der Waals surface area contributed by atoms with E-state index in [0.717, 1.165) is 12.5 Å². The van der Waals surface area contributed by atoms with E-state index >= 15 is 0 Å². The van der Waals surface area contributed by atoms with Gasteiger partial charge in [-0.25, -0.2) is 0 Å². The molecule has 0 aromatic heterocycles. The Morgan fingerprint density at radius 3 is 2.79 bits per heavy atom. The van der Waals surface area contributed by atoms with Gasteiger partial charge < -0.3 is 15.3 Å². The van der Waals surface area contributed by atoms with Crippen molar-refractivity contribution in [2.45, 2.75) is 52.0 Å². The van der Waals surface area contributed by atoms with Gasteiger partial charge in [0.05, 0.1) is 0 Å². The van der Waals surface area contributed by atoms with Gasteiger partial charge in [0.1, 0.15) is 0 Å². The molecule has 1 saturated carbocycles. The van der Waals surface area contributed by atoms with E-state index in [2.05, 4.69) is 31.1 Å². The summed E-state index contributed by atoms with van der Waals surface area (Å²) in [6, 6.07) is 0.683. The van der Waals surface area contributed by atoms with Gasteiger partial charge >= 0.3 is 0 Å². The van der Waals surface area contributed by atoms with Gasteiger partial charge in [0, 0.05) is 25.7 Å². The van der Waals surface area contributed by atoms with Crippen LogP contribution in [0, 0.1) is 17.3 Å². The van der Waals surface area contributed by atoms with E-state index in [1.807, 2.05) is 0 Å². The monoisotopic (exact) mass is 268 g/mol. The van der Waals surface area contributed by atoms with E-state index in [9.17, 15) is 5.11 Å². The summed E-state index contributed by atoms with van der Waals surface area (Å²) in [7, 11) is 2.11. The number of nitrogens with one attached hydrogen (secondary N) is 1. The van der Waals surface area contributed by atoms with Crippen LogP contribution in [0.1, 0.15) is 46.0 Å². The van der Waals surface area contributed by atoms with Gasteiger partial charge in [-0.15, -0.1) is 0 Å². The number of likely N-dealkylation sites (tertiary alicyclic amines) is 1. The molecule has 3 unspecified atom stereocenters. The Balaban J connectivity index is 1.91. The molecule has 0 aromatic rings. The predicted molar refractivity (Wildman–Crippen MR) is 80.2 cm³/mol. The van der Waals surface area contributed by atoms with Gasteiger partial charge in [-0.3, -0.25) is 0 Å². The highest BCUT2D eigenvalue weighted by Crippen LogP contribution is 2.39. The molecular formula is C16H32N2O. The van der Waals surface area contributed by atoms with Crippen molar-refractivity contribution in [2.24, 2.45) is 17.3 Å². The van der Waals surface area contributed by atoms with Crippen LogP contribution < -0.4 is 5.32 Å². The number of aliphatic hydroxyl groups excluding tert-OH is 1. The molecular weight excluding hydrogens is 236 g/mol. The molecule has 2 rings (SSSR count). The van der Waals surface area contributed by atoms with E-state index < -0.39 is 0 Å². The lowest BCUT2D eigenvalue weighted by Gasteiger charge is -2.44. The lowest BCUT2D eigenvalue weighted by molar-refractivity contribution is 0.0678. The lowest BCUT2D eigenvalue weighted by atomic mass is 9.69.